The predicted octanol–water partition coefficient (Wildman–Crippen LogP) is 5.91. The first-order valence-corrected chi connectivity index (χ1v) is 7.50. The molecule has 0 aromatic rings. The van der Waals surface area contributed by atoms with Gasteiger partial charge in [0.15, 0.2) is 0 Å². The first kappa shape index (κ1) is 16.0. The van der Waals surface area contributed by atoms with E-state index in [1.165, 1.54) is 38.5 Å². The van der Waals surface area contributed by atoms with Crippen LogP contribution in [0.25, 0.3) is 0 Å². The van der Waals surface area contributed by atoms with E-state index < -0.39 is 0 Å². The lowest BCUT2D eigenvalue weighted by Gasteiger charge is -2.29. The third-order valence-electron chi connectivity index (χ3n) is 4.54. The molecule has 0 nitrogen and oxygen atoms in total. The average Bonchev–Trinajstić information content (AvgIpc) is 2.26. The van der Waals surface area contributed by atoms with Crippen molar-refractivity contribution in [3.8, 4) is 0 Å². The molecule has 0 bridgehead atoms. The predicted molar refractivity (Wildman–Crippen MR) is 75.7 cm³/mol. The van der Waals surface area contributed by atoms with Gasteiger partial charge in [-0.15, -0.1) is 0 Å². The zero-order valence-electron chi connectivity index (χ0n) is 12.6. The Morgan fingerprint density at radius 3 is 1.75 bits per heavy atom. The number of hydrogen-bond donors (Lipinski definition) is 0. The van der Waals surface area contributed by atoms with Crippen molar-refractivity contribution < 1.29 is 0 Å². The molecule has 0 aliphatic carbocycles. The molecule has 16 heavy (non-hydrogen) atoms. The van der Waals surface area contributed by atoms with Crippen molar-refractivity contribution in [2.75, 3.05) is 0 Å². The fraction of sp³-hybridized carbons (Fsp3) is 1.00. The van der Waals surface area contributed by atoms with Crippen molar-refractivity contribution in [1.29, 1.82) is 0 Å². The van der Waals surface area contributed by atoms with Crippen molar-refractivity contribution in [3.63, 3.8) is 0 Å². The number of hydrogen-bond acceptors (Lipinski definition) is 0. The van der Waals surface area contributed by atoms with E-state index in [2.05, 4.69) is 41.5 Å². The van der Waals surface area contributed by atoms with Crippen molar-refractivity contribution in [1.82, 2.24) is 0 Å². The monoisotopic (exact) mass is 226 g/mol. The molecule has 0 radical (unpaired) electrons. The molecule has 0 aromatic carbocycles. The minimum absolute atomic E-state index is 0.831. The van der Waals surface area contributed by atoms with Crippen LogP contribution in [0.3, 0.4) is 0 Å². The summed E-state index contributed by atoms with van der Waals surface area (Å²) in [6.07, 6.45) is 8.54. The standard InChI is InChI=1S/C16H34/c1-7-8-9-10-11-12-14(4)16(6)15(5)13(2)3/h13-16H,7-12H2,1-6H3. The van der Waals surface area contributed by atoms with E-state index >= 15 is 0 Å². The maximum Gasteiger partial charge on any atom is -0.0389 e. The normalized spacial score (nSPS) is 17.4. The summed E-state index contributed by atoms with van der Waals surface area (Å²) >= 11 is 0. The molecule has 3 unspecified atom stereocenters. The molecular weight excluding hydrogens is 192 g/mol. The van der Waals surface area contributed by atoms with Crippen LogP contribution >= 0.6 is 0 Å². The summed E-state index contributed by atoms with van der Waals surface area (Å²) in [5.41, 5.74) is 0. The van der Waals surface area contributed by atoms with Gasteiger partial charge in [0.2, 0.25) is 0 Å². The second-order valence-electron chi connectivity index (χ2n) is 6.14. The van der Waals surface area contributed by atoms with Crippen molar-refractivity contribution in [2.24, 2.45) is 23.7 Å². The molecule has 0 aromatic heterocycles. The maximum atomic E-state index is 2.45. The molecule has 0 N–H and O–H groups in total. The lowest BCUT2D eigenvalue weighted by Crippen LogP contribution is -2.20. The third-order valence-corrected chi connectivity index (χ3v) is 4.54. The van der Waals surface area contributed by atoms with Gasteiger partial charge in [-0.1, -0.05) is 80.1 Å². The van der Waals surface area contributed by atoms with Gasteiger partial charge in [0.05, 0.1) is 0 Å². The van der Waals surface area contributed by atoms with Gasteiger partial charge in [-0.2, -0.15) is 0 Å². The third kappa shape index (κ3) is 6.55. The van der Waals surface area contributed by atoms with Gasteiger partial charge in [0.25, 0.3) is 0 Å². The Morgan fingerprint density at radius 2 is 1.25 bits per heavy atom. The van der Waals surface area contributed by atoms with Gasteiger partial charge >= 0.3 is 0 Å². The van der Waals surface area contributed by atoms with Crippen LogP contribution in [-0.2, 0) is 0 Å². The molecule has 0 spiro atoms. The van der Waals surface area contributed by atoms with Crippen LogP contribution in [0.4, 0.5) is 0 Å². The summed E-state index contributed by atoms with van der Waals surface area (Å²) in [6.45, 7) is 14.3. The SMILES string of the molecule is CCCCCCCC(C)C(C)C(C)C(C)C. The van der Waals surface area contributed by atoms with Crippen molar-refractivity contribution in [2.45, 2.75) is 80.1 Å². The summed E-state index contributed by atoms with van der Waals surface area (Å²) < 4.78 is 0. The van der Waals surface area contributed by atoms with Crippen LogP contribution < -0.4 is 0 Å². The van der Waals surface area contributed by atoms with E-state index in [4.69, 9.17) is 0 Å². The molecule has 98 valence electrons. The summed E-state index contributed by atoms with van der Waals surface area (Å²) in [4.78, 5) is 0. The van der Waals surface area contributed by atoms with Crippen molar-refractivity contribution >= 4 is 0 Å². The second kappa shape index (κ2) is 9.07. The Bertz CT molecular complexity index is 148. The van der Waals surface area contributed by atoms with E-state index in [1.54, 1.807) is 0 Å². The molecule has 0 heteroatoms. The fourth-order valence-electron chi connectivity index (χ4n) is 2.46. The molecular formula is C16H34. The van der Waals surface area contributed by atoms with E-state index in [1.807, 2.05) is 0 Å². The number of unbranched alkanes of at least 4 members (excludes halogenated alkanes) is 4. The van der Waals surface area contributed by atoms with Gasteiger partial charge in [0, 0.05) is 0 Å². The molecule has 3 atom stereocenters. The first-order valence-electron chi connectivity index (χ1n) is 7.50. The molecule has 0 amide bonds. The highest BCUT2D eigenvalue weighted by molar-refractivity contribution is 4.70. The van der Waals surface area contributed by atoms with Crippen LogP contribution in [-0.4, -0.2) is 0 Å². The molecule has 0 saturated carbocycles. The van der Waals surface area contributed by atoms with Crippen molar-refractivity contribution in [3.05, 3.63) is 0 Å². The summed E-state index contributed by atoms with van der Waals surface area (Å²) in [5.74, 6) is 3.48. The zero-order valence-corrected chi connectivity index (χ0v) is 12.6. The Kier molecular flexibility index (Phi) is 9.07. The Balaban J connectivity index is 3.66. The van der Waals surface area contributed by atoms with Gasteiger partial charge < -0.3 is 0 Å². The quantitative estimate of drug-likeness (QED) is 0.429. The molecule has 0 fully saturated rings. The van der Waals surface area contributed by atoms with Crippen LogP contribution in [0.2, 0.25) is 0 Å². The minimum Gasteiger partial charge on any atom is -0.0654 e. The first-order chi connectivity index (χ1) is 7.50. The summed E-state index contributed by atoms with van der Waals surface area (Å²) in [5, 5.41) is 0. The zero-order chi connectivity index (χ0) is 12.6. The van der Waals surface area contributed by atoms with E-state index in [0.717, 1.165) is 23.7 Å². The molecule has 0 aliphatic rings. The summed E-state index contributed by atoms with van der Waals surface area (Å²) in [6, 6.07) is 0. The van der Waals surface area contributed by atoms with Gasteiger partial charge in [-0.3, -0.25) is 0 Å². The van der Waals surface area contributed by atoms with Gasteiger partial charge in [-0.25, -0.2) is 0 Å². The maximum absolute atomic E-state index is 2.45. The topological polar surface area (TPSA) is 0 Å². The smallest absolute Gasteiger partial charge is 0.0389 e. The molecule has 0 aliphatic heterocycles. The van der Waals surface area contributed by atoms with Gasteiger partial charge in [-0.05, 0) is 23.7 Å². The van der Waals surface area contributed by atoms with Crippen LogP contribution in [0.5, 0.6) is 0 Å². The minimum atomic E-state index is 0.831. The van der Waals surface area contributed by atoms with Crippen LogP contribution in [0.1, 0.15) is 80.1 Å². The molecule has 0 saturated heterocycles. The highest BCUT2D eigenvalue weighted by Crippen LogP contribution is 2.29. The van der Waals surface area contributed by atoms with Gasteiger partial charge in [0.1, 0.15) is 0 Å². The lowest BCUT2D eigenvalue weighted by molar-refractivity contribution is 0.211. The molecule has 0 heterocycles. The van der Waals surface area contributed by atoms with Crippen LogP contribution in [0.15, 0.2) is 0 Å². The summed E-state index contributed by atoms with van der Waals surface area (Å²) in [7, 11) is 0. The van der Waals surface area contributed by atoms with E-state index in [9.17, 15) is 0 Å². The Labute approximate surface area is 104 Å². The van der Waals surface area contributed by atoms with E-state index in [-0.39, 0.29) is 0 Å². The second-order valence-corrected chi connectivity index (χ2v) is 6.14. The van der Waals surface area contributed by atoms with Crippen LogP contribution in [0, 0.1) is 23.7 Å². The number of rotatable bonds is 9. The average molecular weight is 226 g/mol. The fourth-order valence-corrected chi connectivity index (χ4v) is 2.46. The Morgan fingerprint density at radius 1 is 0.688 bits per heavy atom. The largest absolute Gasteiger partial charge is 0.0654 e. The highest BCUT2D eigenvalue weighted by Gasteiger charge is 2.20. The molecule has 0 rings (SSSR count). The van der Waals surface area contributed by atoms with E-state index in [0.29, 0.717) is 0 Å². The highest BCUT2D eigenvalue weighted by atomic mass is 14.3. The lowest BCUT2D eigenvalue weighted by atomic mass is 9.77. The Hall–Kier alpha value is 0.